The van der Waals surface area contributed by atoms with Crippen molar-refractivity contribution in [2.45, 2.75) is 25.8 Å². The van der Waals surface area contributed by atoms with E-state index in [1.807, 2.05) is 6.07 Å². The quantitative estimate of drug-likeness (QED) is 0.420. The average molecular weight is 512 g/mol. The highest BCUT2D eigenvalue weighted by Gasteiger charge is 2.31. The van der Waals surface area contributed by atoms with E-state index in [4.69, 9.17) is 14.2 Å². The lowest BCUT2D eigenvalue weighted by Crippen LogP contribution is -2.53. The van der Waals surface area contributed by atoms with E-state index in [-0.39, 0.29) is 18.6 Å². The van der Waals surface area contributed by atoms with Crippen LogP contribution in [0.5, 0.6) is 11.5 Å². The normalized spacial score (nSPS) is 16.2. The van der Waals surface area contributed by atoms with Gasteiger partial charge < -0.3 is 29.8 Å². The van der Waals surface area contributed by atoms with Crippen LogP contribution in [-0.4, -0.2) is 72.9 Å². The number of hydrogen-bond donors (Lipinski definition) is 3. The lowest BCUT2D eigenvalue weighted by Gasteiger charge is -2.40. The van der Waals surface area contributed by atoms with Crippen LogP contribution >= 0.6 is 0 Å². The van der Waals surface area contributed by atoms with Crippen molar-refractivity contribution in [1.82, 2.24) is 20.2 Å². The van der Waals surface area contributed by atoms with Gasteiger partial charge in [-0.25, -0.2) is 4.39 Å². The highest BCUT2D eigenvalue weighted by atomic mass is 19.1. The molecule has 0 aliphatic carbocycles. The average Bonchev–Trinajstić information content (AvgIpc) is 3.27. The fourth-order valence-electron chi connectivity index (χ4n) is 4.87. The van der Waals surface area contributed by atoms with Crippen LogP contribution in [0.3, 0.4) is 0 Å². The highest BCUT2D eigenvalue weighted by molar-refractivity contribution is 6.06. The number of methoxy groups -OCH3 is 1. The monoisotopic (exact) mass is 511 g/mol. The van der Waals surface area contributed by atoms with Crippen molar-refractivity contribution < 1.29 is 24.8 Å². The number of ether oxygens (including phenoxy) is 3. The van der Waals surface area contributed by atoms with Gasteiger partial charge in [0, 0.05) is 50.5 Å². The molecule has 37 heavy (non-hydrogen) atoms. The van der Waals surface area contributed by atoms with Crippen molar-refractivity contribution in [3.05, 3.63) is 53.7 Å². The zero-order valence-electron chi connectivity index (χ0n) is 21.3. The van der Waals surface area contributed by atoms with Gasteiger partial charge in [-0.3, -0.25) is 14.7 Å². The van der Waals surface area contributed by atoms with Crippen LogP contribution < -0.4 is 20.1 Å². The number of benzene rings is 1. The van der Waals surface area contributed by atoms with Crippen molar-refractivity contribution in [3.63, 3.8) is 0 Å². The third-order valence-corrected chi connectivity index (χ3v) is 6.90. The van der Waals surface area contributed by atoms with Gasteiger partial charge in [0.1, 0.15) is 12.4 Å². The van der Waals surface area contributed by atoms with E-state index in [0.29, 0.717) is 61.2 Å². The molecule has 0 radical (unpaired) electrons. The van der Waals surface area contributed by atoms with Crippen molar-refractivity contribution in [2.24, 2.45) is 0 Å². The number of rotatable bonds is 8. The Morgan fingerprint density at radius 2 is 2.08 bits per heavy atom. The van der Waals surface area contributed by atoms with E-state index >= 15 is 0 Å². The second kappa shape index (κ2) is 10.4. The van der Waals surface area contributed by atoms with Gasteiger partial charge in [-0.05, 0) is 32.0 Å². The summed E-state index contributed by atoms with van der Waals surface area (Å²) in [5.74, 6) is -0.0528. The molecule has 3 N–H and O–H groups in total. The molecule has 1 amide bonds. The molecule has 4 heterocycles. The Balaban J connectivity index is 0.00000336. The summed E-state index contributed by atoms with van der Waals surface area (Å²) in [4.78, 5) is 23.0. The van der Waals surface area contributed by atoms with Crippen molar-refractivity contribution >= 4 is 17.3 Å². The Labute approximate surface area is 216 Å². The number of pyridine rings is 1. The fourth-order valence-corrected chi connectivity index (χ4v) is 4.87. The van der Waals surface area contributed by atoms with Gasteiger partial charge in [-0.15, -0.1) is 0 Å². The minimum Gasteiger partial charge on any atom is -0.492 e. The lowest BCUT2D eigenvalue weighted by atomic mass is 10.0. The molecule has 9 nitrogen and oxygen atoms in total. The molecule has 1 fully saturated rings. The molecule has 0 spiro atoms. The Morgan fingerprint density at radius 3 is 2.86 bits per heavy atom. The third kappa shape index (κ3) is 4.99. The molecule has 2 aliphatic rings. The number of H-pyrrole nitrogens is 1. The van der Waals surface area contributed by atoms with Gasteiger partial charge in [0.25, 0.3) is 5.91 Å². The van der Waals surface area contributed by atoms with Crippen LogP contribution in [0.25, 0.3) is 11.3 Å². The third-order valence-electron chi connectivity index (χ3n) is 6.90. The van der Waals surface area contributed by atoms with Gasteiger partial charge >= 0.3 is 0 Å². The minimum absolute atomic E-state index is 0. The number of morpholine rings is 1. The Hall–Kier alpha value is -3.63. The van der Waals surface area contributed by atoms with Crippen molar-refractivity contribution in [2.75, 3.05) is 51.9 Å². The number of halogens is 1. The maximum atomic E-state index is 14.5. The van der Waals surface area contributed by atoms with Crippen molar-refractivity contribution in [3.8, 4) is 22.8 Å². The summed E-state index contributed by atoms with van der Waals surface area (Å²) in [6, 6.07) is 6.48. The first kappa shape index (κ1) is 25.0. The number of carbonyl (C=O) groups is 1. The zero-order chi connectivity index (χ0) is 26.0. The largest absolute Gasteiger partial charge is 0.492 e. The highest BCUT2D eigenvalue weighted by Crippen LogP contribution is 2.42. The van der Waals surface area contributed by atoms with Gasteiger partial charge in [-0.1, -0.05) is 6.07 Å². The van der Waals surface area contributed by atoms with E-state index in [0.717, 1.165) is 24.3 Å². The molecular formula is C27H34FN5O4. The molecule has 5 rings (SSSR count). The lowest BCUT2D eigenvalue weighted by molar-refractivity contribution is -0.0250. The molecule has 2 aliphatic heterocycles. The SMILES string of the molecule is COc1c(F)cccc1Nc1c(-c2ccncc2OCC(C)(C)N2CCOCC2)[nH]c2c1C(=O)NCC2.[HH]. The van der Waals surface area contributed by atoms with Crippen LogP contribution in [0, 0.1) is 5.82 Å². The van der Waals surface area contributed by atoms with Crippen LogP contribution in [0.2, 0.25) is 0 Å². The summed E-state index contributed by atoms with van der Waals surface area (Å²) in [7, 11) is 1.41. The van der Waals surface area contributed by atoms with Crippen LogP contribution in [0.15, 0.2) is 36.7 Å². The van der Waals surface area contributed by atoms with E-state index in [1.165, 1.54) is 13.2 Å². The van der Waals surface area contributed by atoms with E-state index in [2.05, 4.69) is 39.3 Å². The fraction of sp³-hybridized carbons (Fsp3) is 0.407. The number of carbonyl (C=O) groups excluding carboxylic acids is 1. The van der Waals surface area contributed by atoms with Gasteiger partial charge in [0.05, 0.1) is 49.2 Å². The van der Waals surface area contributed by atoms with E-state index < -0.39 is 5.82 Å². The van der Waals surface area contributed by atoms with Gasteiger partial charge in [-0.2, -0.15) is 0 Å². The molecule has 2 aromatic heterocycles. The smallest absolute Gasteiger partial charge is 0.255 e. The summed E-state index contributed by atoms with van der Waals surface area (Å²) < 4.78 is 31.6. The number of nitrogens with one attached hydrogen (secondary N) is 3. The zero-order valence-corrected chi connectivity index (χ0v) is 21.3. The molecule has 198 valence electrons. The van der Waals surface area contributed by atoms with Crippen molar-refractivity contribution in [1.29, 1.82) is 0 Å². The molecule has 1 aromatic carbocycles. The number of nitrogens with zero attached hydrogens (tertiary/aromatic N) is 2. The number of aromatic nitrogens is 2. The number of aromatic amines is 1. The number of fused-ring (bicyclic) bond motifs is 1. The molecule has 0 saturated carbocycles. The molecule has 0 bridgehead atoms. The van der Waals surface area contributed by atoms with E-state index in [1.54, 1.807) is 24.5 Å². The Morgan fingerprint density at radius 1 is 1.27 bits per heavy atom. The number of anilines is 2. The van der Waals surface area contributed by atoms with Crippen LogP contribution in [0.1, 0.15) is 31.3 Å². The first-order valence-electron chi connectivity index (χ1n) is 12.4. The van der Waals surface area contributed by atoms with Gasteiger partial charge in [0.2, 0.25) is 0 Å². The second-order valence-electron chi connectivity index (χ2n) is 9.75. The predicted octanol–water partition coefficient (Wildman–Crippen LogP) is 3.99. The molecule has 3 aromatic rings. The minimum atomic E-state index is -0.499. The van der Waals surface area contributed by atoms with Crippen LogP contribution in [0.4, 0.5) is 15.8 Å². The maximum Gasteiger partial charge on any atom is 0.255 e. The standard InChI is InChI=1S/C27H32FN5O4.H2/c1-27(2,33-11-13-36-14-12-33)16-37-21-15-29-9-7-17(21)23-24(22-19(31-23)8-10-30-26(22)34)32-20-6-4-5-18(28)25(20)35-3;/h4-7,9,15,31-32H,8,10-14,16H2,1-3H3,(H,30,34);1H. The van der Waals surface area contributed by atoms with Gasteiger partial charge in [0.15, 0.2) is 11.6 Å². The summed E-state index contributed by atoms with van der Waals surface area (Å²) in [5, 5.41) is 6.17. The van der Waals surface area contributed by atoms with Crippen LogP contribution in [-0.2, 0) is 11.2 Å². The topological polar surface area (TPSA) is 101 Å². The maximum absolute atomic E-state index is 14.5. The predicted molar refractivity (Wildman–Crippen MR) is 140 cm³/mol. The second-order valence-corrected chi connectivity index (χ2v) is 9.75. The Kier molecular flexibility index (Phi) is 7.03. The first-order valence-corrected chi connectivity index (χ1v) is 12.4. The first-order chi connectivity index (χ1) is 17.9. The molecular weight excluding hydrogens is 477 g/mol. The number of amides is 1. The molecule has 0 unspecified atom stereocenters. The summed E-state index contributed by atoms with van der Waals surface area (Å²) in [6.45, 7) is 8.36. The summed E-state index contributed by atoms with van der Waals surface area (Å²) in [6.07, 6.45) is 4.00. The number of para-hydroxylation sites is 1. The van der Waals surface area contributed by atoms with E-state index in [9.17, 15) is 9.18 Å². The summed E-state index contributed by atoms with van der Waals surface area (Å²) in [5.41, 5.74) is 3.41. The molecule has 10 heteroatoms. The Bertz CT molecular complexity index is 1290. The molecule has 0 atom stereocenters. The molecule has 1 saturated heterocycles. The number of hydrogen-bond acceptors (Lipinski definition) is 7. The summed E-state index contributed by atoms with van der Waals surface area (Å²) >= 11 is 0.